The highest BCUT2D eigenvalue weighted by Gasteiger charge is 2.05. The van der Waals surface area contributed by atoms with Gasteiger partial charge in [-0.2, -0.15) is 0 Å². The number of carbonyl (C=O) groups is 2. The van der Waals surface area contributed by atoms with Crippen molar-refractivity contribution in [2.24, 2.45) is 0 Å². The van der Waals surface area contributed by atoms with Gasteiger partial charge in [-0.3, -0.25) is 4.79 Å². The van der Waals surface area contributed by atoms with Gasteiger partial charge in [-0.25, -0.2) is 4.79 Å². The predicted octanol–water partition coefficient (Wildman–Crippen LogP) is 0.953. The average molecular weight is 251 g/mol. The summed E-state index contributed by atoms with van der Waals surface area (Å²) in [7, 11) is 1.55. The molecule has 0 unspecified atom stereocenters. The maximum Gasteiger partial charge on any atom is 0.319 e. The van der Waals surface area contributed by atoms with Crippen LogP contribution >= 0.6 is 0 Å². The van der Waals surface area contributed by atoms with Crippen molar-refractivity contribution in [3.8, 4) is 5.75 Å². The van der Waals surface area contributed by atoms with E-state index in [2.05, 4.69) is 16.0 Å². The smallest absolute Gasteiger partial charge is 0.319 e. The molecular formula is C12H17N3O3. The summed E-state index contributed by atoms with van der Waals surface area (Å²) in [5.41, 5.74) is 0.614. The van der Waals surface area contributed by atoms with E-state index in [1.807, 2.05) is 12.1 Å². The molecule has 3 N–H and O–H groups in total. The second-order valence-electron chi connectivity index (χ2n) is 3.51. The minimum Gasteiger partial charge on any atom is -0.495 e. The number of methoxy groups -OCH3 is 1. The van der Waals surface area contributed by atoms with Crippen LogP contribution in [0.15, 0.2) is 24.3 Å². The second-order valence-corrected chi connectivity index (χ2v) is 3.51. The Labute approximate surface area is 106 Å². The van der Waals surface area contributed by atoms with Gasteiger partial charge in [0.2, 0.25) is 6.41 Å². The van der Waals surface area contributed by atoms with E-state index in [0.29, 0.717) is 37.4 Å². The van der Waals surface area contributed by atoms with Crippen LogP contribution in [0.3, 0.4) is 0 Å². The summed E-state index contributed by atoms with van der Waals surface area (Å²) in [6.45, 7) is 1.03. The zero-order valence-corrected chi connectivity index (χ0v) is 10.2. The van der Waals surface area contributed by atoms with Gasteiger partial charge in [-0.15, -0.1) is 0 Å². The molecule has 0 aliphatic heterocycles. The van der Waals surface area contributed by atoms with Crippen LogP contribution < -0.4 is 20.7 Å². The Morgan fingerprint density at radius 2 is 2.11 bits per heavy atom. The second kappa shape index (κ2) is 7.94. The van der Waals surface area contributed by atoms with E-state index in [1.54, 1.807) is 19.2 Å². The highest BCUT2D eigenvalue weighted by atomic mass is 16.5. The summed E-state index contributed by atoms with van der Waals surface area (Å²) >= 11 is 0. The molecule has 1 aromatic carbocycles. The molecule has 1 aromatic rings. The maximum atomic E-state index is 11.5. The third-order valence-corrected chi connectivity index (χ3v) is 2.22. The van der Waals surface area contributed by atoms with Crippen LogP contribution in [0, 0.1) is 0 Å². The summed E-state index contributed by atoms with van der Waals surface area (Å²) < 4.78 is 5.11. The Morgan fingerprint density at radius 1 is 1.33 bits per heavy atom. The molecule has 6 heteroatoms. The molecule has 0 spiro atoms. The zero-order valence-electron chi connectivity index (χ0n) is 10.2. The van der Waals surface area contributed by atoms with Crippen molar-refractivity contribution in [1.82, 2.24) is 10.6 Å². The third-order valence-electron chi connectivity index (χ3n) is 2.22. The number of carbonyl (C=O) groups excluding carboxylic acids is 2. The fourth-order valence-electron chi connectivity index (χ4n) is 1.37. The van der Waals surface area contributed by atoms with Gasteiger partial charge in [0.1, 0.15) is 5.75 Å². The molecule has 0 fully saturated rings. The molecular weight excluding hydrogens is 234 g/mol. The summed E-state index contributed by atoms with van der Waals surface area (Å²) in [5.74, 6) is 0.607. The van der Waals surface area contributed by atoms with Gasteiger partial charge in [0.05, 0.1) is 12.8 Å². The minimum atomic E-state index is -0.300. The summed E-state index contributed by atoms with van der Waals surface area (Å²) in [4.78, 5) is 21.5. The van der Waals surface area contributed by atoms with Crippen molar-refractivity contribution >= 4 is 18.1 Å². The van der Waals surface area contributed by atoms with Gasteiger partial charge in [0, 0.05) is 13.1 Å². The van der Waals surface area contributed by atoms with E-state index in [4.69, 9.17) is 4.74 Å². The van der Waals surface area contributed by atoms with Crippen molar-refractivity contribution < 1.29 is 14.3 Å². The lowest BCUT2D eigenvalue weighted by Gasteiger charge is -2.10. The van der Waals surface area contributed by atoms with E-state index < -0.39 is 0 Å². The SMILES string of the molecule is COc1ccccc1NC(=O)NCCCNC=O. The van der Waals surface area contributed by atoms with Crippen LogP contribution in [0.4, 0.5) is 10.5 Å². The highest BCUT2D eigenvalue weighted by molar-refractivity contribution is 5.90. The quantitative estimate of drug-likeness (QED) is 0.498. The number of hydrogen-bond donors (Lipinski definition) is 3. The Bertz CT molecular complexity index is 396. The minimum absolute atomic E-state index is 0.300. The number of nitrogens with one attached hydrogen (secondary N) is 3. The standard InChI is InChI=1S/C12H17N3O3/c1-18-11-6-3-2-5-10(11)15-12(17)14-8-4-7-13-9-16/h2-3,5-6,9H,4,7-8H2,1H3,(H,13,16)(H2,14,15,17). The first-order valence-electron chi connectivity index (χ1n) is 5.63. The van der Waals surface area contributed by atoms with E-state index in [1.165, 1.54) is 0 Å². The Kier molecular flexibility index (Phi) is 6.10. The van der Waals surface area contributed by atoms with E-state index >= 15 is 0 Å². The monoisotopic (exact) mass is 251 g/mol. The number of ether oxygens (including phenoxy) is 1. The number of anilines is 1. The van der Waals surface area contributed by atoms with Crippen LogP contribution in [0.25, 0.3) is 0 Å². The number of benzene rings is 1. The van der Waals surface area contributed by atoms with Crippen LogP contribution in [0.5, 0.6) is 5.75 Å². The molecule has 0 aromatic heterocycles. The third kappa shape index (κ3) is 4.73. The Hall–Kier alpha value is -2.24. The van der Waals surface area contributed by atoms with E-state index in [-0.39, 0.29) is 6.03 Å². The van der Waals surface area contributed by atoms with Gasteiger partial charge in [-0.05, 0) is 18.6 Å². The molecule has 0 atom stereocenters. The van der Waals surface area contributed by atoms with Gasteiger partial charge in [0.25, 0.3) is 0 Å². The van der Waals surface area contributed by atoms with Crippen LogP contribution in [0.2, 0.25) is 0 Å². The molecule has 1 rings (SSSR count). The molecule has 6 nitrogen and oxygen atoms in total. The molecule has 0 aliphatic rings. The lowest BCUT2D eigenvalue weighted by atomic mass is 10.3. The highest BCUT2D eigenvalue weighted by Crippen LogP contribution is 2.22. The first-order chi connectivity index (χ1) is 8.77. The molecule has 3 amide bonds. The first kappa shape index (κ1) is 13.8. The molecule has 0 radical (unpaired) electrons. The number of urea groups is 1. The number of para-hydroxylation sites is 2. The van der Waals surface area contributed by atoms with Gasteiger partial charge in [-0.1, -0.05) is 12.1 Å². The summed E-state index contributed by atoms with van der Waals surface area (Å²) in [5, 5.41) is 7.88. The lowest BCUT2D eigenvalue weighted by molar-refractivity contribution is -0.109. The van der Waals surface area contributed by atoms with Crippen molar-refractivity contribution in [3.63, 3.8) is 0 Å². The van der Waals surface area contributed by atoms with Gasteiger partial charge >= 0.3 is 6.03 Å². The number of rotatable bonds is 7. The Balaban J connectivity index is 2.33. The number of amides is 3. The van der Waals surface area contributed by atoms with Gasteiger partial charge < -0.3 is 20.7 Å². The van der Waals surface area contributed by atoms with Crippen molar-refractivity contribution in [2.75, 3.05) is 25.5 Å². The van der Waals surface area contributed by atoms with Crippen molar-refractivity contribution in [2.45, 2.75) is 6.42 Å². The Morgan fingerprint density at radius 3 is 2.83 bits per heavy atom. The van der Waals surface area contributed by atoms with Crippen LogP contribution in [-0.4, -0.2) is 32.6 Å². The normalized spacial score (nSPS) is 9.39. The topological polar surface area (TPSA) is 79.5 Å². The van der Waals surface area contributed by atoms with Gasteiger partial charge in [0.15, 0.2) is 0 Å². The molecule has 98 valence electrons. The summed E-state index contributed by atoms with van der Waals surface area (Å²) in [6, 6.07) is 6.86. The fourth-order valence-corrected chi connectivity index (χ4v) is 1.37. The van der Waals surface area contributed by atoms with Crippen LogP contribution in [-0.2, 0) is 4.79 Å². The largest absolute Gasteiger partial charge is 0.495 e. The predicted molar refractivity (Wildman–Crippen MR) is 68.7 cm³/mol. The van der Waals surface area contributed by atoms with E-state index in [9.17, 15) is 9.59 Å². The summed E-state index contributed by atoms with van der Waals surface area (Å²) in [6.07, 6.45) is 1.31. The molecule has 0 saturated heterocycles. The maximum absolute atomic E-state index is 11.5. The molecule has 0 heterocycles. The number of hydrogen-bond acceptors (Lipinski definition) is 3. The zero-order chi connectivity index (χ0) is 13.2. The molecule has 0 aliphatic carbocycles. The molecule has 0 saturated carbocycles. The van der Waals surface area contributed by atoms with Crippen molar-refractivity contribution in [1.29, 1.82) is 0 Å². The lowest BCUT2D eigenvalue weighted by Crippen LogP contribution is -2.31. The van der Waals surface area contributed by atoms with Crippen molar-refractivity contribution in [3.05, 3.63) is 24.3 Å². The fraction of sp³-hybridized carbons (Fsp3) is 0.333. The molecule has 18 heavy (non-hydrogen) atoms. The van der Waals surface area contributed by atoms with E-state index in [0.717, 1.165) is 0 Å². The average Bonchev–Trinajstić information content (AvgIpc) is 2.39. The van der Waals surface area contributed by atoms with Crippen LogP contribution in [0.1, 0.15) is 6.42 Å². The molecule has 0 bridgehead atoms. The first-order valence-corrected chi connectivity index (χ1v) is 5.63.